The van der Waals surface area contributed by atoms with E-state index in [0.29, 0.717) is 31.0 Å². The van der Waals surface area contributed by atoms with Crippen LogP contribution in [0.4, 0.5) is 25.0 Å². The molecule has 5 nitrogen and oxygen atoms in total. The van der Waals surface area contributed by atoms with E-state index in [2.05, 4.69) is 22.8 Å². The standard InChI is InChI=1S/C17H19F2N3O2/c1-10(23)20-15-7-16(14(19)6-13(15)18)21-17(24)22-8-11-4-2-3-5-12(11)9-22/h2-3,6-7,11-12H,4-5,8-9H2,1H3,(H,20,23)(H,21,24)/t11-,12+. The van der Waals surface area contributed by atoms with Gasteiger partial charge in [-0.2, -0.15) is 0 Å². The second kappa shape index (κ2) is 6.59. The van der Waals surface area contributed by atoms with Crippen LogP contribution in [0.1, 0.15) is 19.8 Å². The molecule has 1 aliphatic carbocycles. The first-order chi connectivity index (χ1) is 11.4. The Morgan fingerprint density at radius 2 is 1.54 bits per heavy atom. The SMILES string of the molecule is CC(=O)Nc1cc(NC(=O)N2C[C@H]3CC=CC[C@H]3C2)c(F)cc1F. The van der Waals surface area contributed by atoms with Crippen LogP contribution in [0.25, 0.3) is 0 Å². The van der Waals surface area contributed by atoms with E-state index < -0.39 is 23.6 Å². The van der Waals surface area contributed by atoms with E-state index in [1.54, 1.807) is 4.90 Å². The van der Waals surface area contributed by atoms with Crippen LogP contribution in [0.3, 0.4) is 0 Å². The molecule has 0 bridgehead atoms. The molecule has 3 rings (SSSR count). The molecule has 2 N–H and O–H groups in total. The lowest BCUT2D eigenvalue weighted by Crippen LogP contribution is -2.33. The van der Waals surface area contributed by atoms with Crippen molar-refractivity contribution in [3.8, 4) is 0 Å². The van der Waals surface area contributed by atoms with E-state index >= 15 is 0 Å². The molecule has 0 aromatic heterocycles. The molecule has 0 radical (unpaired) electrons. The average Bonchev–Trinajstić information content (AvgIpc) is 2.95. The molecule has 2 atom stereocenters. The van der Waals surface area contributed by atoms with Crippen molar-refractivity contribution in [1.82, 2.24) is 4.90 Å². The van der Waals surface area contributed by atoms with Crippen LogP contribution in [-0.2, 0) is 4.79 Å². The largest absolute Gasteiger partial charge is 0.324 e. The van der Waals surface area contributed by atoms with Crippen molar-refractivity contribution in [2.75, 3.05) is 23.7 Å². The number of halogens is 2. The lowest BCUT2D eigenvalue weighted by molar-refractivity contribution is -0.114. The summed E-state index contributed by atoms with van der Waals surface area (Å²) < 4.78 is 27.6. The summed E-state index contributed by atoms with van der Waals surface area (Å²) in [5, 5.41) is 4.75. The van der Waals surface area contributed by atoms with Crippen molar-refractivity contribution < 1.29 is 18.4 Å². The van der Waals surface area contributed by atoms with Crippen molar-refractivity contribution in [2.24, 2.45) is 11.8 Å². The highest BCUT2D eigenvalue weighted by Gasteiger charge is 2.35. The summed E-state index contributed by atoms with van der Waals surface area (Å²) in [6.07, 6.45) is 6.15. The number of benzene rings is 1. The minimum Gasteiger partial charge on any atom is -0.324 e. The molecule has 1 heterocycles. The van der Waals surface area contributed by atoms with Gasteiger partial charge < -0.3 is 15.5 Å². The van der Waals surface area contributed by atoms with Gasteiger partial charge in [0.1, 0.15) is 11.6 Å². The molecule has 2 aliphatic rings. The van der Waals surface area contributed by atoms with E-state index in [4.69, 9.17) is 0 Å². The third-order valence-electron chi connectivity index (χ3n) is 4.52. The highest BCUT2D eigenvalue weighted by Crippen LogP contribution is 2.33. The third kappa shape index (κ3) is 3.39. The second-order valence-corrected chi connectivity index (χ2v) is 6.29. The molecular formula is C17H19F2N3O2. The first-order valence-electron chi connectivity index (χ1n) is 7.91. The van der Waals surface area contributed by atoms with Crippen molar-refractivity contribution >= 4 is 23.3 Å². The minimum atomic E-state index is -0.890. The fourth-order valence-electron chi connectivity index (χ4n) is 3.31. The molecular weight excluding hydrogens is 316 g/mol. The summed E-state index contributed by atoms with van der Waals surface area (Å²) in [7, 11) is 0. The van der Waals surface area contributed by atoms with Gasteiger partial charge in [0.2, 0.25) is 5.91 Å². The topological polar surface area (TPSA) is 61.4 Å². The van der Waals surface area contributed by atoms with Crippen molar-refractivity contribution in [1.29, 1.82) is 0 Å². The first kappa shape index (κ1) is 16.4. The Kier molecular flexibility index (Phi) is 4.51. The molecule has 1 aromatic carbocycles. The van der Waals surface area contributed by atoms with Crippen molar-refractivity contribution in [3.05, 3.63) is 35.9 Å². The molecule has 1 aromatic rings. The van der Waals surface area contributed by atoms with E-state index in [9.17, 15) is 18.4 Å². The van der Waals surface area contributed by atoms with Crippen LogP contribution in [0, 0.1) is 23.5 Å². The normalized spacial score (nSPS) is 22.2. The van der Waals surface area contributed by atoms with E-state index in [1.165, 1.54) is 6.92 Å². The number of hydrogen-bond donors (Lipinski definition) is 2. The number of hydrogen-bond acceptors (Lipinski definition) is 2. The van der Waals surface area contributed by atoms with E-state index in [0.717, 1.165) is 18.9 Å². The maximum Gasteiger partial charge on any atom is 0.321 e. The number of rotatable bonds is 2. The van der Waals surface area contributed by atoms with Gasteiger partial charge in [0.15, 0.2) is 0 Å². The quantitative estimate of drug-likeness (QED) is 0.814. The number of anilines is 2. The highest BCUT2D eigenvalue weighted by molar-refractivity contribution is 5.93. The van der Waals surface area contributed by atoms with Crippen LogP contribution >= 0.6 is 0 Å². The summed E-state index contributed by atoms with van der Waals surface area (Å²) >= 11 is 0. The van der Waals surface area contributed by atoms with E-state index in [-0.39, 0.29) is 11.4 Å². The second-order valence-electron chi connectivity index (χ2n) is 6.29. The number of amides is 3. The summed E-state index contributed by atoms with van der Waals surface area (Å²) in [5.41, 5.74) is -0.323. The number of allylic oxidation sites excluding steroid dienone is 2. The van der Waals surface area contributed by atoms with Crippen molar-refractivity contribution in [3.63, 3.8) is 0 Å². The Morgan fingerprint density at radius 3 is 2.08 bits per heavy atom. The lowest BCUT2D eigenvalue weighted by Gasteiger charge is -2.18. The van der Waals surface area contributed by atoms with Gasteiger partial charge in [0, 0.05) is 26.1 Å². The monoisotopic (exact) mass is 335 g/mol. The fraction of sp³-hybridized carbons (Fsp3) is 0.412. The van der Waals surface area contributed by atoms with Crippen LogP contribution < -0.4 is 10.6 Å². The molecule has 7 heteroatoms. The molecule has 3 amide bonds. The smallest absolute Gasteiger partial charge is 0.321 e. The molecule has 0 spiro atoms. The lowest BCUT2D eigenvalue weighted by atomic mass is 9.86. The van der Waals surface area contributed by atoms with Crippen LogP contribution in [-0.4, -0.2) is 29.9 Å². The average molecular weight is 335 g/mol. The molecule has 0 saturated carbocycles. The third-order valence-corrected chi connectivity index (χ3v) is 4.52. The maximum absolute atomic E-state index is 13.9. The number of urea groups is 1. The zero-order valence-electron chi connectivity index (χ0n) is 13.3. The number of fused-ring (bicyclic) bond motifs is 1. The molecule has 1 aliphatic heterocycles. The number of nitrogens with one attached hydrogen (secondary N) is 2. The minimum absolute atomic E-state index is 0.154. The molecule has 24 heavy (non-hydrogen) atoms. The zero-order valence-corrected chi connectivity index (χ0v) is 13.3. The van der Waals surface area contributed by atoms with E-state index in [1.807, 2.05) is 0 Å². The number of carbonyl (C=O) groups excluding carboxylic acids is 2. The Balaban J connectivity index is 1.71. The molecule has 128 valence electrons. The van der Waals surface area contributed by atoms with Crippen LogP contribution in [0.15, 0.2) is 24.3 Å². The number of nitrogens with zero attached hydrogens (tertiary/aromatic N) is 1. The number of carbonyl (C=O) groups is 2. The van der Waals surface area contributed by atoms with Gasteiger partial charge in [0.25, 0.3) is 0 Å². The Morgan fingerprint density at radius 1 is 1.00 bits per heavy atom. The molecule has 1 fully saturated rings. The van der Waals surface area contributed by atoms with Gasteiger partial charge in [0.05, 0.1) is 11.4 Å². The van der Waals surface area contributed by atoms with Gasteiger partial charge >= 0.3 is 6.03 Å². The predicted octanol–water partition coefficient (Wildman–Crippen LogP) is 3.35. The number of likely N-dealkylation sites (tertiary alicyclic amines) is 1. The first-order valence-corrected chi connectivity index (χ1v) is 7.91. The van der Waals surface area contributed by atoms with Gasteiger partial charge in [-0.1, -0.05) is 12.2 Å². The summed E-state index contributed by atoms with van der Waals surface area (Å²) in [4.78, 5) is 25.1. The Hall–Kier alpha value is -2.44. The molecule has 1 saturated heterocycles. The predicted molar refractivity (Wildman–Crippen MR) is 86.6 cm³/mol. The summed E-state index contributed by atoms with van der Waals surface area (Å²) in [6, 6.07) is 1.33. The zero-order chi connectivity index (χ0) is 17.3. The van der Waals surface area contributed by atoms with Gasteiger partial charge in [-0.05, 0) is 30.7 Å². The Labute approximate surface area is 138 Å². The summed E-state index contributed by atoms with van der Waals surface area (Å²) in [6.45, 7) is 2.48. The van der Waals surface area contributed by atoms with Gasteiger partial charge in [-0.3, -0.25) is 4.79 Å². The Bertz CT molecular complexity index is 689. The molecule has 0 unspecified atom stereocenters. The van der Waals surface area contributed by atoms with Gasteiger partial charge in [-0.15, -0.1) is 0 Å². The van der Waals surface area contributed by atoms with Crippen LogP contribution in [0.5, 0.6) is 0 Å². The van der Waals surface area contributed by atoms with Crippen LogP contribution in [0.2, 0.25) is 0 Å². The highest BCUT2D eigenvalue weighted by atomic mass is 19.1. The van der Waals surface area contributed by atoms with Crippen molar-refractivity contribution in [2.45, 2.75) is 19.8 Å². The maximum atomic E-state index is 13.9. The summed E-state index contributed by atoms with van der Waals surface area (Å²) in [5.74, 6) is -1.37. The van der Waals surface area contributed by atoms with Gasteiger partial charge in [-0.25, -0.2) is 13.6 Å². The fourth-order valence-corrected chi connectivity index (χ4v) is 3.31.